The van der Waals surface area contributed by atoms with Crippen LogP contribution in [0.25, 0.3) is 21.5 Å². The van der Waals surface area contributed by atoms with Crippen molar-refractivity contribution in [3.63, 3.8) is 0 Å². The standard InChI is InChI=1S/2C16H14P.2C5H5.2FH.2Zr/c2*1-12-6-2-5-9-16(12)17-15-10-13-7-3-4-8-14(13)11-15;2*1-2-4-5-3-1;;;;/h2*2-11,17H,1H3;2*1-3H,4H2;2*1H;;/q4*-1;;;2*+2/p-2. The molecule has 2 aliphatic carbocycles. The molecule has 0 fully saturated rings. The maximum atomic E-state index is 2.99. The van der Waals surface area contributed by atoms with Crippen LogP contribution in [0.4, 0.5) is 0 Å². The first-order valence-corrected chi connectivity index (χ1v) is 17.1. The van der Waals surface area contributed by atoms with Crippen LogP contribution in [0.15, 0.2) is 158 Å². The summed E-state index contributed by atoms with van der Waals surface area (Å²) < 4.78 is 0. The van der Waals surface area contributed by atoms with Gasteiger partial charge in [0.1, 0.15) is 0 Å². The zero-order valence-electron chi connectivity index (χ0n) is 27.2. The summed E-state index contributed by atoms with van der Waals surface area (Å²) in [5.74, 6) is 0. The second kappa shape index (κ2) is 23.8. The number of hydrogen-bond donors (Lipinski definition) is 0. The molecule has 0 aromatic heterocycles. The molecular formula is C42H38F2P2Zr2-2. The van der Waals surface area contributed by atoms with Crippen molar-refractivity contribution in [2.45, 2.75) is 26.7 Å². The van der Waals surface area contributed by atoms with E-state index in [1.165, 1.54) is 53.9 Å². The minimum atomic E-state index is 0. The van der Waals surface area contributed by atoms with E-state index < -0.39 is 0 Å². The molecule has 0 spiro atoms. The minimum Gasteiger partial charge on any atom is -1.00 e. The second-order valence-electron chi connectivity index (χ2n) is 10.6. The van der Waals surface area contributed by atoms with Gasteiger partial charge in [-0.05, 0) is 35.6 Å². The quantitative estimate of drug-likeness (QED) is 0.189. The molecule has 240 valence electrons. The number of fused-ring (bicyclic) bond motifs is 2. The zero-order chi connectivity index (χ0) is 30.4. The molecule has 2 aliphatic rings. The van der Waals surface area contributed by atoms with Crippen molar-refractivity contribution in [3.05, 3.63) is 181 Å². The predicted octanol–water partition coefficient (Wildman–Crippen LogP) is 3.61. The number of aryl methyl sites for hydroxylation is 2. The average Bonchev–Trinajstić information content (AvgIpc) is 3.88. The Morgan fingerprint density at radius 2 is 0.896 bits per heavy atom. The summed E-state index contributed by atoms with van der Waals surface area (Å²) in [6, 6.07) is 43.6. The summed E-state index contributed by atoms with van der Waals surface area (Å²) in [6.45, 7) is 4.37. The van der Waals surface area contributed by atoms with Gasteiger partial charge in [0.05, 0.1) is 0 Å². The molecule has 48 heavy (non-hydrogen) atoms. The molecule has 0 N–H and O–H groups in total. The second-order valence-corrected chi connectivity index (χ2v) is 13.4. The molecule has 0 nitrogen and oxygen atoms in total. The number of halogens is 2. The predicted molar refractivity (Wildman–Crippen MR) is 200 cm³/mol. The Labute approximate surface area is 326 Å². The molecule has 2 atom stereocenters. The van der Waals surface area contributed by atoms with Gasteiger partial charge in [-0.2, -0.15) is 24.3 Å². The van der Waals surface area contributed by atoms with Gasteiger partial charge in [0, 0.05) is 0 Å². The number of benzene rings is 4. The number of rotatable bonds is 4. The van der Waals surface area contributed by atoms with Gasteiger partial charge >= 0.3 is 52.4 Å². The molecule has 0 bridgehead atoms. The molecule has 8 rings (SSSR count). The van der Waals surface area contributed by atoms with Crippen LogP contribution in [0, 0.1) is 26.0 Å². The van der Waals surface area contributed by atoms with Gasteiger partial charge in [-0.15, -0.1) is 93.5 Å². The normalized spacial score (nSPS) is 11.9. The summed E-state index contributed by atoms with van der Waals surface area (Å²) in [4.78, 5) is 0. The zero-order valence-corrected chi connectivity index (χ0v) is 34.1. The molecule has 0 radical (unpaired) electrons. The third-order valence-electron chi connectivity index (χ3n) is 7.26. The monoisotopic (exact) mass is 822 g/mol. The average molecular weight is 825 g/mol. The first kappa shape index (κ1) is 43.6. The topological polar surface area (TPSA) is 0 Å². The van der Waals surface area contributed by atoms with E-state index in [-0.39, 0.29) is 61.8 Å². The largest absolute Gasteiger partial charge is 2.00 e. The van der Waals surface area contributed by atoms with Crippen molar-refractivity contribution < 1.29 is 61.8 Å². The van der Waals surface area contributed by atoms with Gasteiger partial charge in [0.15, 0.2) is 0 Å². The van der Waals surface area contributed by atoms with E-state index in [0.717, 1.165) is 30.0 Å². The van der Waals surface area contributed by atoms with Crippen molar-refractivity contribution in [1.29, 1.82) is 0 Å². The fourth-order valence-electron chi connectivity index (χ4n) is 4.86. The Kier molecular flexibility index (Phi) is 21.6. The van der Waals surface area contributed by atoms with Crippen LogP contribution in [0.5, 0.6) is 0 Å². The van der Waals surface area contributed by atoms with Gasteiger partial charge in [0.25, 0.3) is 0 Å². The van der Waals surface area contributed by atoms with Crippen molar-refractivity contribution in [2.24, 2.45) is 0 Å². The Morgan fingerprint density at radius 1 is 0.521 bits per heavy atom. The third kappa shape index (κ3) is 13.8. The first-order chi connectivity index (χ1) is 21.7. The Morgan fingerprint density at radius 3 is 1.21 bits per heavy atom. The summed E-state index contributed by atoms with van der Waals surface area (Å²) in [5, 5.41) is 11.2. The van der Waals surface area contributed by atoms with E-state index in [9.17, 15) is 0 Å². The SMILES string of the molecule is Cc1ccccc1Pc1cc2ccccc2[cH-]1.Cc1ccccc1Pc1cc2ccccc2[cH-]1.[C-]1=CC=CC1.[C-]1=CC=CC1.[F-].[F-].[Zr+2].[Zr+2]. The van der Waals surface area contributed by atoms with Gasteiger partial charge < -0.3 is 9.41 Å². The number of allylic oxidation sites excluding steroid dienone is 8. The van der Waals surface area contributed by atoms with Crippen molar-refractivity contribution in [1.82, 2.24) is 0 Å². The molecule has 0 amide bonds. The van der Waals surface area contributed by atoms with E-state index in [1.807, 2.05) is 24.3 Å². The first-order valence-electron chi connectivity index (χ1n) is 15.1. The molecule has 0 aliphatic heterocycles. The summed E-state index contributed by atoms with van der Waals surface area (Å²) in [5.41, 5.74) is 2.77. The summed E-state index contributed by atoms with van der Waals surface area (Å²) in [6.07, 6.45) is 20.0. The molecule has 0 heterocycles. The van der Waals surface area contributed by atoms with Crippen LogP contribution in [-0.4, -0.2) is 0 Å². The molecule has 2 unspecified atom stereocenters. The molecule has 6 heteroatoms. The molecule has 0 saturated heterocycles. The molecule has 0 saturated carbocycles. The van der Waals surface area contributed by atoms with Crippen molar-refractivity contribution >= 4 is 59.9 Å². The van der Waals surface area contributed by atoms with E-state index >= 15 is 0 Å². The van der Waals surface area contributed by atoms with Gasteiger partial charge in [-0.25, -0.2) is 24.3 Å². The van der Waals surface area contributed by atoms with E-state index in [0.29, 0.717) is 0 Å². The van der Waals surface area contributed by atoms with Gasteiger partial charge in [-0.3, -0.25) is 12.2 Å². The minimum absolute atomic E-state index is 0. The maximum absolute atomic E-state index is 2.99. The Hall–Kier alpha value is -2.45. The van der Waals surface area contributed by atoms with E-state index in [4.69, 9.17) is 0 Å². The molecular weight excluding hydrogens is 787 g/mol. The van der Waals surface area contributed by atoms with Gasteiger partial charge in [0.2, 0.25) is 0 Å². The summed E-state index contributed by atoms with van der Waals surface area (Å²) >= 11 is 0. The van der Waals surface area contributed by atoms with Crippen LogP contribution >= 0.6 is 17.2 Å². The Balaban J connectivity index is 0.000000350. The van der Waals surface area contributed by atoms with Crippen LogP contribution in [0.1, 0.15) is 24.0 Å². The third-order valence-corrected chi connectivity index (χ3v) is 10.1. The molecule has 6 aromatic rings. The fraction of sp³-hybridized carbons (Fsp3) is 0.0952. The Bertz CT molecular complexity index is 1690. The van der Waals surface area contributed by atoms with Crippen LogP contribution < -0.4 is 30.6 Å². The van der Waals surface area contributed by atoms with E-state index in [1.54, 1.807) is 0 Å². The van der Waals surface area contributed by atoms with E-state index in [2.05, 4.69) is 159 Å². The van der Waals surface area contributed by atoms with Crippen LogP contribution in [0.2, 0.25) is 0 Å². The van der Waals surface area contributed by atoms with Crippen molar-refractivity contribution in [2.75, 3.05) is 0 Å². The maximum Gasteiger partial charge on any atom is 2.00 e. The van der Waals surface area contributed by atoms with Crippen molar-refractivity contribution in [3.8, 4) is 0 Å². The molecule has 6 aromatic carbocycles. The van der Waals surface area contributed by atoms with Gasteiger partial charge in [-0.1, -0.05) is 77.8 Å². The van der Waals surface area contributed by atoms with Crippen LogP contribution in [0.3, 0.4) is 0 Å². The summed E-state index contributed by atoms with van der Waals surface area (Å²) in [7, 11) is 1.52. The smallest absolute Gasteiger partial charge is 1.00 e. The van der Waals surface area contributed by atoms with Crippen LogP contribution in [-0.2, 0) is 52.4 Å². The fourth-order valence-corrected chi connectivity index (χ4v) is 7.32. The number of hydrogen-bond acceptors (Lipinski definition) is 0.